The van der Waals surface area contributed by atoms with Crippen molar-refractivity contribution in [2.24, 2.45) is 5.92 Å². The number of carbonyl (C=O) groups is 1. The van der Waals surface area contributed by atoms with Gasteiger partial charge < -0.3 is 14.8 Å². The van der Waals surface area contributed by atoms with Crippen LogP contribution in [0, 0.1) is 23.4 Å². The minimum absolute atomic E-state index is 0.0864. The number of ether oxygens (including phenoxy) is 2. The molecule has 2 aromatic heterocycles. The Kier molecular flexibility index (Phi) is 4.61. The van der Waals surface area contributed by atoms with E-state index in [1.807, 2.05) is 0 Å². The summed E-state index contributed by atoms with van der Waals surface area (Å²) in [6.45, 7) is 0.197. The summed E-state index contributed by atoms with van der Waals surface area (Å²) in [6, 6.07) is 5.41. The molecule has 0 spiro atoms. The fraction of sp³-hybridized carbons (Fsp3) is 0.190. The third kappa shape index (κ3) is 3.72. The maximum absolute atomic E-state index is 14.2. The predicted molar refractivity (Wildman–Crippen MR) is 103 cm³/mol. The molecule has 10 heteroatoms. The van der Waals surface area contributed by atoms with Gasteiger partial charge in [-0.25, -0.2) is 22.9 Å². The van der Waals surface area contributed by atoms with Crippen molar-refractivity contribution in [1.82, 2.24) is 15.3 Å². The van der Waals surface area contributed by atoms with Crippen molar-refractivity contribution in [3.8, 4) is 17.2 Å². The molecule has 1 aliphatic heterocycles. The lowest BCUT2D eigenvalue weighted by Crippen LogP contribution is -2.32. The summed E-state index contributed by atoms with van der Waals surface area (Å²) >= 11 is 0. The van der Waals surface area contributed by atoms with E-state index in [9.17, 15) is 18.0 Å². The highest BCUT2D eigenvalue weighted by atomic mass is 19.1. The Balaban J connectivity index is 1.20. The second kappa shape index (κ2) is 7.46. The lowest BCUT2D eigenvalue weighted by molar-refractivity contribution is 0.247. The van der Waals surface area contributed by atoms with Crippen LogP contribution in [0.3, 0.4) is 0 Å². The van der Waals surface area contributed by atoms with E-state index in [-0.39, 0.29) is 47.4 Å². The number of nitrogens with one attached hydrogen (secondary N) is 2. The molecule has 0 saturated heterocycles. The summed E-state index contributed by atoms with van der Waals surface area (Å²) in [5.41, 5.74) is 0.160. The highest BCUT2D eigenvalue weighted by Crippen LogP contribution is 2.55. The number of anilines is 1. The van der Waals surface area contributed by atoms with Gasteiger partial charge in [-0.3, -0.25) is 10.3 Å². The number of aromatic nitrogens is 2. The Morgan fingerprint density at radius 1 is 1.06 bits per heavy atom. The van der Waals surface area contributed by atoms with Crippen LogP contribution in [0.25, 0.3) is 0 Å². The summed E-state index contributed by atoms with van der Waals surface area (Å²) < 4.78 is 52.0. The molecule has 1 aliphatic carbocycles. The molecule has 1 fully saturated rings. The average molecular weight is 428 g/mol. The first-order valence-electron chi connectivity index (χ1n) is 9.42. The summed E-state index contributed by atoms with van der Waals surface area (Å²) in [6.07, 6.45) is 3.77. The second-order valence-corrected chi connectivity index (χ2v) is 7.22. The topological polar surface area (TPSA) is 85.4 Å². The summed E-state index contributed by atoms with van der Waals surface area (Å²) in [5.74, 6) is -1.47. The molecular weight excluding hydrogens is 413 g/mol. The second-order valence-electron chi connectivity index (χ2n) is 7.22. The molecule has 3 heterocycles. The molecule has 3 aromatic rings. The van der Waals surface area contributed by atoms with E-state index in [2.05, 4.69) is 20.6 Å². The van der Waals surface area contributed by atoms with Gasteiger partial charge in [-0.15, -0.1) is 0 Å². The maximum Gasteiger partial charge on any atom is 0.320 e. The fourth-order valence-electron chi connectivity index (χ4n) is 3.76. The van der Waals surface area contributed by atoms with Gasteiger partial charge in [0.25, 0.3) is 0 Å². The van der Waals surface area contributed by atoms with E-state index in [4.69, 9.17) is 9.47 Å². The monoisotopic (exact) mass is 428 g/mol. The Bertz CT molecular complexity index is 1160. The standard InChI is InChI=1S/C21H15F3N4O3/c22-10-5-12(7-25-6-10)31-11-1-4-16(26-8-11)27-21(29)28-19-13-9-30-20-15(24)3-2-14(23)18(20)17(13)19/h1-8,13,17,19H,9H2,(H2,26,27,28,29). The van der Waals surface area contributed by atoms with Crippen molar-refractivity contribution in [2.75, 3.05) is 11.9 Å². The smallest absolute Gasteiger partial charge is 0.320 e. The molecule has 31 heavy (non-hydrogen) atoms. The van der Waals surface area contributed by atoms with Gasteiger partial charge in [0.1, 0.15) is 29.0 Å². The number of urea groups is 1. The number of carbonyl (C=O) groups excluding carboxylic acids is 1. The SMILES string of the molecule is O=C(Nc1ccc(Oc2cncc(F)c2)cn1)NC1C2COc3c(F)ccc(F)c3C21. The molecule has 2 amide bonds. The van der Waals surface area contributed by atoms with Gasteiger partial charge in [-0.2, -0.15) is 0 Å². The number of halogens is 3. The normalized spacial score (nSPS) is 20.7. The molecule has 3 atom stereocenters. The first-order chi connectivity index (χ1) is 15.0. The Hall–Kier alpha value is -3.82. The van der Waals surface area contributed by atoms with Crippen LogP contribution in [0.4, 0.5) is 23.8 Å². The predicted octanol–water partition coefficient (Wildman–Crippen LogP) is 3.98. The van der Waals surface area contributed by atoms with Gasteiger partial charge in [-0.05, 0) is 24.3 Å². The molecule has 0 radical (unpaired) electrons. The number of hydrogen-bond donors (Lipinski definition) is 2. The zero-order chi connectivity index (χ0) is 21.5. The number of amides is 2. The van der Waals surface area contributed by atoms with Gasteiger partial charge in [0.05, 0.1) is 25.2 Å². The van der Waals surface area contributed by atoms with Crippen molar-refractivity contribution in [2.45, 2.75) is 12.0 Å². The molecule has 2 aliphatic rings. The molecule has 158 valence electrons. The van der Waals surface area contributed by atoms with Crippen molar-refractivity contribution < 1.29 is 27.4 Å². The molecule has 0 bridgehead atoms. The van der Waals surface area contributed by atoms with Crippen molar-refractivity contribution >= 4 is 11.8 Å². The molecular formula is C21H15F3N4O3. The molecule has 7 nitrogen and oxygen atoms in total. The first-order valence-corrected chi connectivity index (χ1v) is 9.42. The lowest BCUT2D eigenvalue weighted by atomic mass is 10.0. The Morgan fingerprint density at radius 2 is 1.90 bits per heavy atom. The highest BCUT2D eigenvalue weighted by molar-refractivity contribution is 5.89. The maximum atomic E-state index is 14.2. The van der Waals surface area contributed by atoms with Crippen molar-refractivity contribution in [1.29, 1.82) is 0 Å². The third-order valence-corrected chi connectivity index (χ3v) is 5.21. The number of rotatable bonds is 4. The number of hydrogen-bond acceptors (Lipinski definition) is 5. The van der Waals surface area contributed by atoms with E-state index >= 15 is 0 Å². The zero-order valence-electron chi connectivity index (χ0n) is 15.8. The third-order valence-electron chi connectivity index (χ3n) is 5.21. The number of pyridine rings is 2. The van der Waals surface area contributed by atoms with E-state index in [1.165, 1.54) is 24.5 Å². The summed E-state index contributed by atoms with van der Waals surface area (Å²) in [4.78, 5) is 20.1. The van der Waals surface area contributed by atoms with Crippen LogP contribution in [0.1, 0.15) is 11.5 Å². The van der Waals surface area contributed by atoms with Crippen LogP contribution in [0.15, 0.2) is 48.9 Å². The first kappa shape index (κ1) is 19.2. The van der Waals surface area contributed by atoms with Crippen LogP contribution in [0.5, 0.6) is 17.2 Å². The largest absolute Gasteiger partial charge is 0.490 e. The summed E-state index contributed by atoms with van der Waals surface area (Å²) in [7, 11) is 0. The zero-order valence-corrected chi connectivity index (χ0v) is 15.8. The summed E-state index contributed by atoms with van der Waals surface area (Å²) in [5, 5.41) is 5.33. The average Bonchev–Trinajstić information content (AvgIpc) is 3.44. The minimum atomic E-state index is -0.620. The quantitative estimate of drug-likeness (QED) is 0.657. The molecule has 2 N–H and O–H groups in total. The van der Waals surface area contributed by atoms with E-state index in [0.717, 1.165) is 18.3 Å². The minimum Gasteiger partial charge on any atom is -0.490 e. The highest BCUT2D eigenvalue weighted by Gasteiger charge is 2.57. The molecule has 5 rings (SSSR count). The molecule has 3 unspecified atom stereocenters. The number of nitrogens with zero attached hydrogens (tertiary/aromatic N) is 2. The van der Waals surface area contributed by atoms with Crippen LogP contribution in [-0.2, 0) is 0 Å². The Labute approximate surface area is 174 Å². The number of benzene rings is 1. The van der Waals surface area contributed by atoms with Crippen LogP contribution < -0.4 is 20.1 Å². The molecule has 1 aromatic carbocycles. The van der Waals surface area contributed by atoms with Gasteiger partial charge in [0, 0.05) is 29.5 Å². The number of fused-ring (bicyclic) bond motifs is 3. The van der Waals surface area contributed by atoms with Crippen LogP contribution in [0.2, 0.25) is 0 Å². The van der Waals surface area contributed by atoms with Crippen molar-refractivity contribution in [3.63, 3.8) is 0 Å². The Morgan fingerprint density at radius 3 is 2.68 bits per heavy atom. The van der Waals surface area contributed by atoms with Gasteiger partial charge >= 0.3 is 6.03 Å². The van der Waals surface area contributed by atoms with Crippen molar-refractivity contribution in [3.05, 3.63) is 71.9 Å². The van der Waals surface area contributed by atoms with E-state index in [0.29, 0.717) is 5.75 Å². The van der Waals surface area contributed by atoms with E-state index in [1.54, 1.807) is 6.07 Å². The van der Waals surface area contributed by atoms with Crippen LogP contribution >= 0.6 is 0 Å². The van der Waals surface area contributed by atoms with Gasteiger partial charge in [-0.1, -0.05) is 0 Å². The van der Waals surface area contributed by atoms with Gasteiger partial charge in [0.15, 0.2) is 11.6 Å². The van der Waals surface area contributed by atoms with Gasteiger partial charge in [0.2, 0.25) is 0 Å². The lowest BCUT2D eigenvalue weighted by Gasteiger charge is -2.16. The van der Waals surface area contributed by atoms with Crippen LogP contribution in [-0.4, -0.2) is 28.6 Å². The fourth-order valence-corrected chi connectivity index (χ4v) is 3.76. The van der Waals surface area contributed by atoms with E-state index < -0.39 is 23.5 Å². The molecule has 1 saturated carbocycles.